The van der Waals surface area contributed by atoms with E-state index in [2.05, 4.69) is 17.4 Å². The van der Waals surface area contributed by atoms with Crippen molar-refractivity contribution in [1.82, 2.24) is 9.62 Å². The molecule has 0 aliphatic carbocycles. The normalized spacial score (nSPS) is 19.1. The van der Waals surface area contributed by atoms with Crippen LogP contribution in [-0.4, -0.2) is 56.8 Å². The van der Waals surface area contributed by atoms with E-state index in [0.717, 1.165) is 12.8 Å². The third kappa shape index (κ3) is 4.93. The second kappa shape index (κ2) is 9.97. The van der Waals surface area contributed by atoms with Crippen LogP contribution in [0.5, 0.6) is 0 Å². The van der Waals surface area contributed by atoms with Gasteiger partial charge in [-0.1, -0.05) is 30.3 Å². The first-order valence-corrected chi connectivity index (χ1v) is 13.9. The number of rotatable bonds is 7. The number of benzene rings is 2. The van der Waals surface area contributed by atoms with Gasteiger partial charge in [0.1, 0.15) is 5.58 Å². The maximum Gasteiger partial charge on any atom is 0.287 e. The molecule has 2 aliphatic heterocycles. The molecule has 3 heterocycles. The number of carbonyl (C=O) groups excluding carboxylic acids is 1. The van der Waals surface area contributed by atoms with E-state index < -0.39 is 15.8 Å². The summed E-state index contributed by atoms with van der Waals surface area (Å²) in [6, 6.07) is 14.9. The molecule has 0 saturated carbocycles. The average molecular weight is 513 g/mol. The third-order valence-corrected chi connectivity index (χ3v) is 9.03. The summed E-state index contributed by atoms with van der Waals surface area (Å²) in [5.74, 6) is -0.731. The van der Waals surface area contributed by atoms with E-state index in [4.69, 9.17) is 13.9 Å². The lowest BCUT2D eigenvalue weighted by atomic mass is 10.1. The quantitative estimate of drug-likeness (QED) is 0.514. The van der Waals surface area contributed by atoms with Crippen LogP contribution in [0.2, 0.25) is 0 Å². The number of sulfonamides is 1. The van der Waals surface area contributed by atoms with Crippen molar-refractivity contribution >= 4 is 26.9 Å². The Morgan fingerprint density at radius 3 is 2.47 bits per heavy atom. The summed E-state index contributed by atoms with van der Waals surface area (Å²) in [7, 11) is -3.70. The van der Waals surface area contributed by atoms with Crippen molar-refractivity contribution in [2.24, 2.45) is 0 Å². The number of carbonyl (C=O) groups is 1. The molecule has 1 amide bonds. The molecular formula is C27H32N2O6S. The standard InChI is InChI=1S/C27H32N2O6S/c1-19(8-9-21-6-4-3-5-7-21)28-26(30)25-20(2)23-18-22(10-11-24(23)35-25)36(31,32)29-14-12-27(13-15-29)33-16-17-34-27/h3-7,10-11,18-19H,8-9,12-17H2,1-2H3,(H,28,30)/t19-/m1/s1. The van der Waals surface area contributed by atoms with Gasteiger partial charge in [0.15, 0.2) is 11.5 Å². The van der Waals surface area contributed by atoms with Crippen LogP contribution in [0, 0.1) is 6.92 Å². The van der Waals surface area contributed by atoms with Gasteiger partial charge in [-0.15, -0.1) is 0 Å². The monoisotopic (exact) mass is 512 g/mol. The predicted molar refractivity (Wildman–Crippen MR) is 135 cm³/mol. The lowest BCUT2D eigenvalue weighted by molar-refractivity contribution is -0.179. The van der Waals surface area contributed by atoms with Crippen LogP contribution in [0.1, 0.15) is 47.9 Å². The second-order valence-corrected chi connectivity index (χ2v) is 11.6. The first-order valence-electron chi connectivity index (χ1n) is 12.4. The highest BCUT2D eigenvalue weighted by molar-refractivity contribution is 7.89. The lowest BCUT2D eigenvalue weighted by Crippen LogP contribution is -2.47. The van der Waals surface area contributed by atoms with E-state index in [1.54, 1.807) is 19.1 Å². The van der Waals surface area contributed by atoms with Crippen molar-refractivity contribution in [3.05, 3.63) is 65.4 Å². The fourth-order valence-electron chi connectivity index (χ4n) is 4.97. The molecule has 3 aromatic rings. The Labute approximate surface area is 211 Å². The molecule has 192 valence electrons. The second-order valence-electron chi connectivity index (χ2n) is 9.62. The molecule has 1 spiro atoms. The van der Waals surface area contributed by atoms with Gasteiger partial charge in [0, 0.05) is 42.9 Å². The van der Waals surface area contributed by atoms with Crippen LogP contribution in [0.25, 0.3) is 11.0 Å². The minimum Gasteiger partial charge on any atom is -0.451 e. The van der Waals surface area contributed by atoms with E-state index in [9.17, 15) is 13.2 Å². The Morgan fingerprint density at radius 2 is 1.78 bits per heavy atom. The first-order chi connectivity index (χ1) is 17.3. The van der Waals surface area contributed by atoms with Gasteiger partial charge in [0.05, 0.1) is 18.1 Å². The molecule has 0 unspecified atom stereocenters. The largest absolute Gasteiger partial charge is 0.451 e. The van der Waals surface area contributed by atoms with E-state index in [0.29, 0.717) is 55.7 Å². The molecule has 0 bridgehead atoms. The fraction of sp³-hybridized carbons (Fsp3) is 0.444. The molecular weight excluding hydrogens is 480 g/mol. The van der Waals surface area contributed by atoms with Crippen LogP contribution in [0.3, 0.4) is 0 Å². The van der Waals surface area contributed by atoms with E-state index in [1.165, 1.54) is 15.9 Å². The van der Waals surface area contributed by atoms with Gasteiger partial charge in [0.2, 0.25) is 10.0 Å². The molecule has 0 radical (unpaired) electrons. The summed E-state index contributed by atoms with van der Waals surface area (Å²) >= 11 is 0. The Morgan fingerprint density at radius 1 is 1.08 bits per heavy atom. The molecule has 8 nitrogen and oxygen atoms in total. The minimum absolute atomic E-state index is 0.0449. The van der Waals surface area contributed by atoms with Crippen molar-refractivity contribution in [1.29, 1.82) is 0 Å². The van der Waals surface area contributed by atoms with Gasteiger partial charge in [-0.3, -0.25) is 4.79 Å². The van der Waals surface area contributed by atoms with Crippen molar-refractivity contribution in [3.8, 4) is 0 Å². The van der Waals surface area contributed by atoms with Crippen molar-refractivity contribution in [2.75, 3.05) is 26.3 Å². The maximum absolute atomic E-state index is 13.4. The topological polar surface area (TPSA) is 98.1 Å². The highest BCUT2D eigenvalue weighted by atomic mass is 32.2. The molecule has 9 heteroatoms. The summed E-state index contributed by atoms with van der Waals surface area (Å²) in [5, 5.41) is 3.63. The third-order valence-electron chi connectivity index (χ3n) is 7.14. The van der Waals surface area contributed by atoms with Crippen LogP contribution in [-0.2, 0) is 25.9 Å². The Bertz CT molecular complexity index is 1340. The molecule has 1 aromatic heterocycles. The van der Waals surface area contributed by atoms with Crippen LogP contribution in [0.4, 0.5) is 0 Å². The van der Waals surface area contributed by atoms with Crippen molar-refractivity contribution in [3.63, 3.8) is 0 Å². The Kier molecular flexibility index (Phi) is 6.91. The molecule has 2 saturated heterocycles. The minimum atomic E-state index is -3.70. The number of hydrogen-bond donors (Lipinski definition) is 1. The predicted octanol–water partition coefficient (Wildman–Crippen LogP) is 4.02. The number of amides is 1. The molecule has 2 aromatic carbocycles. The number of fused-ring (bicyclic) bond motifs is 1. The number of aryl methyl sites for hydroxylation is 2. The number of hydrogen-bond acceptors (Lipinski definition) is 6. The van der Waals surface area contributed by atoms with Gasteiger partial charge in [0.25, 0.3) is 5.91 Å². The molecule has 1 atom stereocenters. The number of nitrogens with zero attached hydrogens (tertiary/aromatic N) is 1. The zero-order valence-corrected chi connectivity index (χ0v) is 21.5. The number of piperidine rings is 1. The van der Waals surface area contributed by atoms with Crippen LogP contribution >= 0.6 is 0 Å². The smallest absolute Gasteiger partial charge is 0.287 e. The summed E-state index contributed by atoms with van der Waals surface area (Å²) < 4.78 is 45.5. The molecule has 2 fully saturated rings. The van der Waals surface area contributed by atoms with Gasteiger partial charge >= 0.3 is 0 Å². The highest BCUT2D eigenvalue weighted by Gasteiger charge is 2.42. The van der Waals surface area contributed by atoms with Crippen LogP contribution < -0.4 is 5.32 Å². The number of nitrogens with one attached hydrogen (secondary N) is 1. The summed E-state index contributed by atoms with van der Waals surface area (Å²) in [4.78, 5) is 13.1. The summed E-state index contributed by atoms with van der Waals surface area (Å²) in [6.45, 7) is 5.51. The number of ether oxygens (including phenoxy) is 2. The number of furan rings is 1. The van der Waals surface area contributed by atoms with Gasteiger partial charge in [-0.05, 0) is 50.5 Å². The van der Waals surface area contributed by atoms with E-state index >= 15 is 0 Å². The fourth-order valence-corrected chi connectivity index (χ4v) is 6.44. The van der Waals surface area contributed by atoms with Crippen molar-refractivity contribution in [2.45, 2.75) is 56.3 Å². The average Bonchev–Trinajstić information content (AvgIpc) is 3.47. The summed E-state index contributed by atoms with van der Waals surface area (Å²) in [6.07, 6.45) is 2.67. The van der Waals surface area contributed by atoms with Crippen LogP contribution in [0.15, 0.2) is 57.8 Å². The lowest BCUT2D eigenvalue weighted by Gasteiger charge is -2.36. The maximum atomic E-state index is 13.4. The SMILES string of the molecule is Cc1c(C(=O)N[C@H](C)CCc2ccccc2)oc2ccc(S(=O)(=O)N3CCC4(CC3)OCCO4)cc12. The zero-order valence-electron chi connectivity index (χ0n) is 20.7. The molecule has 1 N–H and O–H groups in total. The van der Waals surface area contributed by atoms with E-state index in [-0.39, 0.29) is 22.6 Å². The molecule has 36 heavy (non-hydrogen) atoms. The van der Waals surface area contributed by atoms with E-state index in [1.807, 2.05) is 25.1 Å². The zero-order chi connectivity index (χ0) is 25.3. The van der Waals surface area contributed by atoms with Gasteiger partial charge < -0.3 is 19.2 Å². The molecule has 2 aliphatic rings. The first kappa shape index (κ1) is 25.0. The van der Waals surface area contributed by atoms with Crippen molar-refractivity contribution < 1.29 is 27.1 Å². The Hall–Kier alpha value is -2.72. The highest BCUT2D eigenvalue weighted by Crippen LogP contribution is 2.34. The van der Waals surface area contributed by atoms with Gasteiger partial charge in [-0.25, -0.2) is 8.42 Å². The van der Waals surface area contributed by atoms with Gasteiger partial charge in [-0.2, -0.15) is 4.31 Å². The summed E-state index contributed by atoms with van der Waals surface area (Å²) in [5.41, 5.74) is 2.33. The molecule has 5 rings (SSSR count). The Balaban J connectivity index is 1.28.